The fourth-order valence-corrected chi connectivity index (χ4v) is 1.90. The van der Waals surface area contributed by atoms with Crippen molar-refractivity contribution in [1.82, 2.24) is 19.8 Å². The van der Waals surface area contributed by atoms with Gasteiger partial charge in [-0.05, 0) is 12.1 Å². The Balaban J connectivity index is 2.15. The van der Waals surface area contributed by atoms with Gasteiger partial charge in [0.2, 0.25) is 0 Å². The lowest BCUT2D eigenvalue weighted by molar-refractivity contribution is 0.395. The molecule has 0 aliphatic rings. The highest BCUT2D eigenvalue weighted by atomic mass is 16.5. The molecule has 96 valence electrons. The summed E-state index contributed by atoms with van der Waals surface area (Å²) in [5.41, 5.74) is 2.40. The zero-order valence-electron chi connectivity index (χ0n) is 10.6. The van der Waals surface area contributed by atoms with Crippen LogP contribution in [0.25, 0.3) is 16.9 Å². The van der Waals surface area contributed by atoms with Crippen LogP contribution in [0.15, 0.2) is 36.7 Å². The van der Waals surface area contributed by atoms with Crippen molar-refractivity contribution in [2.45, 2.75) is 0 Å². The fourth-order valence-electron chi connectivity index (χ4n) is 1.90. The van der Waals surface area contributed by atoms with Crippen molar-refractivity contribution < 1.29 is 9.47 Å². The van der Waals surface area contributed by atoms with Crippen LogP contribution in [0.5, 0.6) is 11.5 Å². The first kappa shape index (κ1) is 11.5. The minimum absolute atomic E-state index is 0.704. The minimum atomic E-state index is 0.704. The topological polar surface area (TPSA) is 61.5 Å². The molecule has 6 nitrogen and oxygen atoms in total. The molecular weight excluding hydrogens is 244 g/mol. The van der Waals surface area contributed by atoms with Crippen LogP contribution in [0.2, 0.25) is 0 Å². The molecule has 0 fully saturated rings. The largest absolute Gasteiger partial charge is 0.497 e. The summed E-state index contributed by atoms with van der Waals surface area (Å²) >= 11 is 0. The maximum Gasteiger partial charge on any atom is 0.157 e. The molecule has 0 bridgehead atoms. The highest BCUT2D eigenvalue weighted by Crippen LogP contribution is 2.32. The van der Waals surface area contributed by atoms with Gasteiger partial charge >= 0.3 is 0 Å². The number of imidazole rings is 1. The van der Waals surface area contributed by atoms with Crippen LogP contribution in [0.1, 0.15) is 0 Å². The van der Waals surface area contributed by atoms with Crippen molar-refractivity contribution in [3.63, 3.8) is 0 Å². The van der Waals surface area contributed by atoms with Crippen LogP contribution in [-0.2, 0) is 0 Å². The molecule has 0 saturated carbocycles. The van der Waals surface area contributed by atoms with Gasteiger partial charge in [0.15, 0.2) is 5.65 Å². The van der Waals surface area contributed by atoms with Gasteiger partial charge < -0.3 is 9.47 Å². The fraction of sp³-hybridized carbons (Fsp3) is 0.154. The average molecular weight is 256 g/mol. The van der Waals surface area contributed by atoms with Gasteiger partial charge in [-0.15, -0.1) is 5.10 Å². The second-order valence-electron chi connectivity index (χ2n) is 3.92. The molecule has 0 atom stereocenters. The van der Waals surface area contributed by atoms with Gasteiger partial charge in [0, 0.05) is 17.7 Å². The Labute approximate surface area is 109 Å². The molecule has 0 aliphatic heterocycles. The minimum Gasteiger partial charge on any atom is -0.497 e. The molecule has 2 heterocycles. The molecule has 0 saturated heterocycles. The lowest BCUT2D eigenvalue weighted by Gasteiger charge is -2.08. The third-order valence-corrected chi connectivity index (χ3v) is 2.84. The molecule has 3 aromatic rings. The van der Waals surface area contributed by atoms with Crippen molar-refractivity contribution in [2.24, 2.45) is 0 Å². The number of nitrogens with zero attached hydrogens (tertiary/aromatic N) is 4. The highest BCUT2D eigenvalue weighted by Gasteiger charge is 2.11. The number of hydrogen-bond donors (Lipinski definition) is 0. The molecule has 6 heteroatoms. The molecule has 0 radical (unpaired) electrons. The number of fused-ring (bicyclic) bond motifs is 1. The van der Waals surface area contributed by atoms with E-state index in [1.807, 2.05) is 24.4 Å². The summed E-state index contributed by atoms with van der Waals surface area (Å²) in [6.07, 6.45) is 3.42. The average Bonchev–Trinajstić information content (AvgIpc) is 2.90. The lowest BCUT2D eigenvalue weighted by Crippen LogP contribution is -1.91. The summed E-state index contributed by atoms with van der Waals surface area (Å²) in [6.45, 7) is 0. The van der Waals surface area contributed by atoms with E-state index in [-0.39, 0.29) is 0 Å². The van der Waals surface area contributed by atoms with Crippen LogP contribution in [0, 0.1) is 0 Å². The van der Waals surface area contributed by atoms with E-state index in [0.29, 0.717) is 5.75 Å². The molecule has 0 amide bonds. The van der Waals surface area contributed by atoms with E-state index in [1.165, 1.54) is 0 Å². The summed E-state index contributed by atoms with van der Waals surface area (Å²) < 4.78 is 12.2. The normalized spacial score (nSPS) is 10.6. The molecule has 3 rings (SSSR count). The van der Waals surface area contributed by atoms with Crippen molar-refractivity contribution >= 4 is 5.65 Å². The molecule has 0 aliphatic carbocycles. The van der Waals surface area contributed by atoms with E-state index in [2.05, 4.69) is 15.3 Å². The second-order valence-corrected chi connectivity index (χ2v) is 3.92. The van der Waals surface area contributed by atoms with Crippen molar-refractivity contribution in [2.75, 3.05) is 14.2 Å². The number of hydrogen-bond acceptors (Lipinski definition) is 5. The maximum absolute atomic E-state index is 5.37. The van der Waals surface area contributed by atoms with Gasteiger partial charge in [0.1, 0.15) is 11.5 Å². The number of rotatable bonds is 3. The van der Waals surface area contributed by atoms with Crippen molar-refractivity contribution in [3.05, 3.63) is 36.7 Å². The van der Waals surface area contributed by atoms with E-state index in [1.54, 1.807) is 31.0 Å². The molecule has 0 unspecified atom stereocenters. The summed E-state index contributed by atoms with van der Waals surface area (Å²) in [5.74, 6) is 1.44. The summed E-state index contributed by atoms with van der Waals surface area (Å²) in [4.78, 5) is 4.49. The van der Waals surface area contributed by atoms with Crippen molar-refractivity contribution in [3.8, 4) is 22.8 Å². The van der Waals surface area contributed by atoms with E-state index in [0.717, 1.165) is 22.7 Å². The van der Waals surface area contributed by atoms with Gasteiger partial charge in [0.25, 0.3) is 0 Å². The first-order chi connectivity index (χ1) is 9.31. The Hall–Kier alpha value is -2.63. The van der Waals surface area contributed by atoms with Gasteiger partial charge in [-0.3, -0.25) is 0 Å². The van der Waals surface area contributed by atoms with Crippen LogP contribution >= 0.6 is 0 Å². The Bertz CT molecular complexity index is 690. The SMILES string of the molecule is COc1ccc(-c2cn3nnccc3n2)c(OC)c1. The van der Waals surface area contributed by atoms with E-state index >= 15 is 0 Å². The zero-order chi connectivity index (χ0) is 13.2. The Morgan fingerprint density at radius 1 is 1.11 bits per heavy atom. The van der Waals surface area contributed by atoms with Gasteiger partial charge in [-0.1, -0.05) is 5.21 Å². The van der Waals surface area contributed by atoms with Crippen LogP contribution < -0.4 is 9.47 Å². The first-order valence-electron chi connectivity index (χ1n) is 5.71. The second kappa shape index (κ2) is 4.56. The van der Waals surface area contributed by atoms with Crippen molar-refractivity contribution in [1.29, 1.82) is 0 Å². The third-order valence-electron chi connectivity index (χ3n) is 2.84. The quantitative estimate of drug-likeness (QED) is 0.715. The van der Waals surface area contributed by atoms with Crippen LogP contribution in [0.4, 0.5) is 0 Å². The highest BCUT2D eigenvalue weighted by molar-refractivity contribution is 5.70. The maximum atomic E-state index is 5.37. The third kappa shape index (κ3) is 1.97. The number of methoxy groups -OCH3 is 2. The molecule has 0 spiro atoms. The number of aromatic nitrogens is 4. The standard InChI is InChI=1S/C13H12N4O2/c1-18-9-3-4-10(12(7-9)19-2)11-8-17-13(15-11)5-6-14-16-17/h3-8H,1-2H3. The molecule has 1 aromatic carbocycles. The molecular formula is C13H12N4O2. The molecule has 2 aromatic heterocycles. The smallest absolute Gasteiger partial charge is 0.157 e. The molecule has 19 heavy (non-hydrogen) atoms. The van der Waals surface area contributed by atoms with Gasteiger partial charge in [-0.2, -0.15) is 0 Å². The molecule has 0 N–H and O–H groups in total. The zero-order valence-corrected chi connectivity index (χ0v) is 10.6. The predicted molar refractivity (Wildman–Crippen MR) is 69.3 cm³/mol. The summed E-state index contributed by atoms with van der Waals surface area (Å²) in [6, 6.07) is 7.40. The predicted octanol–water partition coefficient (Wildman–Crippen LogP) is 1.81. The lowest BCUT2D eigenvalue weighted by atomic mass is 10.1. The van der Waals surface area contributed by atoms with Crippen LogP contribution in [0.3, 0.4) is 0 Å². The summed E-state index contributed by atoms with van der Waals surface area (Å²) in [5, 5.41) is 7.77. The van der Waals surface area contributed by atoms with Gasteiger partial charge in [-0.25, -0.2) is 9.50 Å². The number of ether oxygens (including phenoxy) is 2. The van der Waals surface area contributed by atoms with Gasteiger partial charge in [0.05, 0.1) is 32.3 Å². The Morgan fingerprint density at radius 2 is 2.00 bits per heavy atom. The monoisotopic (exact) mass is 256 g/mol. The van der Waals surface area contributed by atoms with E-state index in [9.17, 15) is 0 Å². The van der Waals surface area contributed by atoms with E-state index < -0.39 is 0 Å². The Morgan fingerprint density at radius 3 is 2.74 bits per heavy atom. The van der Waals surface area contributed by atoms with E-state index in [4.69, 9.17) is 9.47 Å². The summed E-state index contributed by atoms with van der Waals surface area (Å²) in [7, 11) is 3.24. The Kier molecular flexibility index (Phi) is 2.75. The van der Waals surface area contributed by atoms with Crippen LogP contribution in [-0.4, -0.2) is 34.0 Å². The number of benzene rings is 1. The first-order valence-corrected chi connectivity index (χ1v) is 5.71.